The van der Waals surface area contributed by atoms with Crippen molar-refractivity contribution in [3.8, 4) is 6.07 Å². The van der Waals surface area contributed by atoms with E-state index in [2.05, 4.69) is 5.32 Å². The van der Waals surface area contributed by atoms with Gasteiger partial charge in [-0.2, -0.15) is 18.4 Å². The fourth-order valence-corrected chi connectivity index (χ4v) is 4.21. The van der Waals surface area contributed by atoms with Crippen molar-refractivity contribution in [1.82, 2.24) is 5.32 Å². The molecular formula is C24H22F4N4O2S. The Morgan fingerprint density at radius 3 is 2.37 bits per heavy atom. The molecule has 1 heterocycles. The minimum absolute atomic E-state index is 0.151. The van der Waals surface area contributed by atoms with Gasteiger partial charge in [-0.3, -0.25) is 14.5 Å². The number of amides is 2. The van der Waals surface area contributed by atoms with Gasteiger partial charge in [0.05, 0.1) is 28.4 Å². The maximum Gasteiger partial charge on any atom is 0.417 e. The molecule has 6 nitrogen and oxygen atoms in total. The first kappa shape index (κ1) is 26.1. The van der Waals surface area contributed by atoms with Crippen LogP contribution in [-0.4, -0.2) is 28.5 Å². The van der Waals surface area contributed by atoms with Crippen molar-refractivity contribution in [1.29, 1.82) is 5.26 Å². The highest BCUT2D eigenvalue weighted by Gasteiger charge is 2.51. The number of nitriles is 1. The van der Waals surface area contributed by atoms with E-state index >= 15 is 0 Å². The second-order valence-electron chi connectivity index (χ2n) is 8.60. The van der Waals surface area contributed by atoms with E-state index < -0.39 is 40.5 Å². The van der Waals surface area contributed by atoms with Crippen LogP contribution >= 0.6 is 12.2 Å². The quantitative estimate of drug-likeness (QED) is 0.448. The van der Waals surface area contributed by atoms with Gasteiger partial charge in [-0.25, -0.2) is 4.39 Å². The molecule has 1 fully saturated rings. The number of carbonyl (C=O) groups excluding carboxylic acids is 2. The maximum absolute atomic E-state index is 14.9. The Morgan fingerprint density at radius 1 is 1.20 bits per heavy atom. The van der Waals surface area contributed by atoms with Crippen molar-refractivity contribution in [2.24, 2.45) is 0 Å². The van der Waals surface area contributed by atoms with Gasteiger partial charge in [0, 0.05) is 11.7 Å². The number of carbonyl (C=O) groups is 2. The summed E-state index contributed by atoms with van der Waals surface area (Å²) in [5, 5.41) is 11.5. The number of benzene rings is 2. The molecule has 2 amide bonds. The lowest BCUT2D eigenvalue weighted by Gasteiger charge is -2.29. The summed E-state index contributed by atoms with van der Waals surface area (Å²) in [6.07, 6.45) is -4.17. The average molecular weight is 507 g/mol. The lowest BCUT2D eigenvalue weighted by Crippen LogP contribution is -2.44. The summed E-state index contributed by atoms with van der Waals surface area (Å²) in [6.45, 7) is 6.65. The number of hydrogen-bond donors (Lipinski definition) is 1. The molecule has 2 aromatic rings. The molecule has 3 rings (SSSR count). The average Bonchev–Trinajstić information content (AvgIpc) is 2.95. The zero-order valence-electron chi connectivity index (χ0n) is 19.3. The molecule has 2 aromatic carbocycles. The number of alkyl halides is 3. The molecular weight excluding hydrogens is 484 g/mol. The van der Waals surface area contributed by atoms with E-state index in [0.717, 1.165) is 17.0 Å². The predicted molar refractivity (Wildman–Crippen MR) is 126 cm³/mol. The lowest BCUT2D eigenvalue weighted by atomic mass is 10.0. The van der Waals surface area contributed by atoms with Crippen molar-refractivity contribution in [3.05, 3.63) is 58.9 Å². The van der Waals surface area contributed by atoms with Gasteiger partial charge >= 0.3 is 6.18 Å². The second-order valence-corrected chi connectivity index (χ2v) is 8.97. The van der Waals surface area contributed by atoms with Crippen LogP contribution < -0.4 is 15.1 Å². The Morgan fingerprint density at radius 2 is 1.83 bits per heavy atom. The van der Waals surface area contributed by atoms with E-state index in [-0.39, 0.29) is 28.1 Å². The van der Waals surface area contributed by atoms with Crippen LogP contribution in [0.1, 0.15) is 55.6 Å². The van der Waals surface area contributed by atoms with Crippen LogP contribution in [-0.2, 0) is 11.0 Å². The van der Waals surface area contributed by atoms with Gasteiger partial charge in [-0.15, -0.1) is 0 Å². The molecule has 0 aromatic heterocycles. The number of nitrogens with one attached hydrogen (secondary N) is 1. The molecule has 1 aliphatic rings. The molecule has 0 aliphatic carbocycles. The van der Waals surface area contributed by atoms with Gasteiger partial charge in [0.15, 0.2) is 5.11 Å². The highest BCUT2D eigenvalue weighted by atomic mass is 32.1. The van der Waals surface area contributed by atoms with Crippen molar-refractivity contribution >= 4 is 40.5 Å². The lowest BCUT2D eigenvalue weighted by molar-refractivity contribution is -0.137. The van der Waals surface area contributed by atoms with E-state index in [1.807, 2.05) is 6.92 Å². The van der Waals surface area contributed by atoms with E-state index in [9.17, 15) is 27.2 Å². The molecule has 0 spiro atoms. The first-order chi connectivity index (χ1) is 16.2. The van der Waals surface area contributed by atoms with Crippen LogP contribution in [0.25, 0.3) is 0 Å². The van der Waals surface area contributed by atoms with Crippen molar-refractivity contribution < 1.29 is 27.2 Å². The molecule has 1 saturated heterocycles. The first-order valence-corrected chi connectivity index (χ1v) is 11.0. The molecule has 11 heteroatoms. The van der Waals surface area contributed by atoms with Crippen LogP contribution in [0.4, 0.5) is 28.9 Å². The molecule has 1 unspecified atom stereocenters. The minimum atomic E-state index is -4.82. The Labute approximate surface area is 205 Å². The molecule has 1 N–H and O–H groups in total. The molecule has 184 valence electrons. The first-order valence-electron chi connectivity index (χ1n) is 10.6. The topological polar surface area (TPSA) is 76.4 Å². The number of thiocarbonyl (C=S) groups is 1. The number of hydrogen-bond acceptors (Lipinski definition) is 4. The summed E-state index contributed by atoms with van der Waals surface area (Å²) in [5.41, 5.74) is -3.39. The van der Waals surface area contributed by atoms with Crippen LogP contribution in [0.3, 0.4) is 0 Å². The molecule has 1 atom stereocenters. The Bertz CT molecular complexity index is 1250. The number of anilines is 2. The summed E-state index contributed by atoms with van der Waals surface area (Å²) in [7, 11) is 0. The molecule has 0 radical (unpaired) electrons. The van der Waals surface area contributed by atoms with Crippen LogP contribution in [0.5, 0.6) is 0 Å². The fourth-order valence-electron chi connectivity index (χ4n) is 3.69. The van der Waals surface area contributed by atoms with Gasteiger partial charge in [0.1, 0.15) is 11.4 Å². The second kappa shape index (κ2) is 9.26. The summed E-state index contributed by atoms with van der Waals surface area (Å²) in [4.78, 5) is 27.8. The van der Waals surface area contributed by atoms with E-state index in [4.69, 9.17) is 17.5 Å². The largest absolute Gasteiger partial charge is 0.417 e. The molecule has 1 aliphatic heterocycles. The number of nitrogens with zero attached hydrogens (tertiary/aromatic N) is 3. The van der Waals surface area contributed by atoms with Gasteiger partial charge in [0.25, 0.3) is 11.8 Å². The highest BCUT2D eigenvalue weighted by Crippen LogP contribution is 2.39. The van der Waals surface area contributed by atoms with Crippen LogP contribution in [0.15, 0.2) is 36.4 Å². The number of rotatable bonds is 5. The van der Waals surface area contributed by atoms with E-state index in [1.165, 1.54) is 43.0 Å². The summed E-state index contributed by atoms with van der Waals surface area (Å²) < 4.78 is 55.3. The summed E-state index contributed by atoms with van der Waals surface area (Å²) in [5.74, 6) is -2.08. The fraction of sp³-hybridized carbons (Fsp3) is 0.333. The van der Waals surface area contributed by atoms with Crippen molar-refractivity contribution in [3.63, 3.8) is 0 Å². The van der Waals surface area contributed by atoms with E-state index in [0.29, 0.717) is 12.5 Å². The predicted octanol–water partition coefficient (Wildman–Crippen LogP) is 5.16. The zero-order chi connectivity index (χ0) is 26.3. The zero-order valence-corrected chi connectivity index (χ0v) is 20.1. The number of halogens is 4. The molecule has 0 bridgehead atoms. The van der Waals surface area contributed by atoms with Gasteiger partial charge < -0.3 is 10.2 Å². The third-order valence-electron chi connectivity index (χ3n) is 5.80. The van der Waals surface area contributed by atoms with Gasteiger partial charge in [-0.1, -0.05) is 6.92 Å². The SMILES string of the molecule is CCC(C)NC(=O)c1ccc(N2C(=S)N(c3ccc(C#N)c(C(F)(F)F)c3)C(=O)C2(C)C)cc1F. The summed E-state index contributed by atoms with van der Waals surface area (Å²) >= 11 is 5.43. The van der Waals surface area contributed by atoms with Crippen LogP contribution in [0, 0.1) is 17.1 Å². The summed E-state index contributed by atoms with van der Waals surface area (Å²) in [6, 6.07) is 7.90. The Balaban J connectivity index is 2.02. The van der Waals surface area contributed by atoms with E-state index in [1.54, 1.807) is 6.92 Å². The highest BCUT2D eigenvalue weighted by molar-refractivity contribution is 7.81. The van der Waals surface area contributed by atoms with Gasteiger partial charge in [0.2, 0.25) is 0 Å². The molecule has 35 heavy (non-hydrogen) atoms. The van der Waals surface area contributed by atoms with Crippen molar-refractivity contribution in [2.45, 2.75) is 51.9 Å². The standard InChI is InChI=1S/C24H22F4N4O2S/c1-5-13(2)30-20(33)17-9-8-16(11-19(17)25)32-22(35)31(21(34)23(32,3)4)15-7-6-14(12-29)18(10-15)24(26,27)28/h6-11,13H,5H2,1-4H3,(H,30,33). The van der Waals surface area contributed by atoms with Crippen LogP contribution in [0.2, 0.25) is 0 Å². The third-order valence-corrected chi connectivity index (χ3v) is 6.17. The third kappa shape index (κ3) is 4.71. The normalized spacial score (nSPS) is 16.3. The van der Waals surface area contributed by atoms with Crippen molar-refractivity contribution in [2.75, 3.05) is 9.80 Å². The minimum Gasteiger partial charge on any atom is -0.350 e. The smallest absolute Gasteiger partial charge is 0.350 e. The Hall–Kier alpha value is -3.52. The Kier molecular flexibility index (Phi) is 6.90. The maximum atomic E-state index is 14.9. The monoisotopic (exact) mass is 506 g/mol. The van der Waals surface area contributed by atoms with Gasteiger partial charge in [-0.05, 0) is 75.8 Å². The molecule has 0 saturated carbocycles.